The number of aromatic nitrogens is 1. The molecule has 28 heavy (non-hydrogen) atoms. The van der Waals surface area contributed by atoms with Crippen LogP contribution in [0.15, 0.2) is 24.3 Å². The third kappa shape index (κ3) is 3.53. The molecule has 0 radical (unpaired) electrons. The molecule has 0 spiro atoms. The summed E-state index contributed by atoms with van der Waals surface area (Å²) in [5, 5.41) is 19.7. The highest BCUT2D eigenvalue weighted by atomic mass is 19.2. The second-order valence-corrected chi connectivity index (χ2v) is 6.94. The van der Waals surface area contributed by atoms with Gasteiger partial charge in [-0.3, -0.25) is 4.79 Å². The number of hydrogen-bond donors (Lipinski definition) is 1. The predicted octanol–water partition coefficient (Wildman–Crippen LogP) is 2.45. The second-order valence-electron chi connectivity index (χ2n) is 6.94. The Morgan fingerprint density at radius 3 is 2.68 bits per heavy atom. The summed E-state index contributed by atoms with van der Waals surface area (Å²) in [5.74, 6) is -2.12. The molecule has 1 N–H and O–H groups in total. The average molecular weight is 386 g/mol. The molecule has 146 valence electrons. The molecule has 1 aliphatic heterocycles. The number of aliphatic hydroxyl groups is 1. The van der Waals surface area contributed by atoms with E-state index < -0.39 is 29.7 Å². The molecule has 1 aliphatic rings. The lowest BCUT2D eigenvalue weighted by Gasteiger charge is -2.29. The van der Waals surface area contributed by atoms with Gasteiger partial charge in [0.25, 0.3) is 0 Å². The molecule has 1 saturated heterocycles. The maximum absolute atomic E-state index is 13.6. The molecular formula is C20H20F2N4O2. The Kier molecular flexibility index (Phi) is 5.29. The molecule has 3 rings (SSSR count). The van der Waals surface area contributed by atoms with E-state index in [1.54, 1.807) is 24.8 Å². The number of anilines is 2. The minimum atomic E-state index is -1.05. The van der Waals surface area contributed by atoms with Crippen LogP contribution in [-0.2, 0) is 4.79 Å². The quantitative estimate of drug-likeness (QED) is 0.877. The lowest BCUT2D eigenvalue weighted by Crippen LogP contribution is -2.45. The second kappa shape index (κ2) is 7.52. The molecule has 1 amide bonds. The van der Waals surface area contributed by atoms with E-state index in [2.05, 4.69) is 11.1 Å². The predicted molar refractivity (Wildman–Crippen MR) is 100.0 cm³/mol. The van der Waals surface area contributed by atoms with Crippen LogP contribution in [0.5, 0.6) is 0 Å². The number of carbonyl (C=O) groups excluding carboxylic acids is 1. The number of carbonyl (C=O) groups is 1. The Morgan fingerprint density at radius 1 is 1.32 bits per heavy atom. The molecule has 1 aromatic heterocycles. The van der Waals surface area contributed by atoms with Gasteiger partial charge in [-0.15, -0.1) is 0 Å². The third-order valence-electron chi connectivity index (χ3n) is 4.89. The van der Waals surface area contributed by atoms with Gasteiger partial charge in [-0.25, -0.2) is 13.8 Å². The van der Waals surface area contributed by atoms with Gasteiger partial charge in [0.15, 0.2) is 11.6 Å². The highest BCUT2D eigenvalue weighted by Gasteiger charge is 2.39. The summed E-state index contributed by atoms with van der Waals surface area (Å²) in [6, 6.07) is 6.31. The Morgan fingerprint density at radius 2 is 2.04 bits per heavy atom. The van der Waals surface area contributed by atoms with Crippen molar-refractivity contribution in [1.29, 1.82) is 5.26 Å². The van der Waals surface area contributed by atoms with Crippen molar-refractivity contribution in [3.63, 3.8) is 0 Å². The topological polar surface area (TPSA) is 80.5 Å². The van der Waals surface area contributed by atoms with Crippen molar-refractivity contribution in [2.75, 3.05) is 23.4 Å². The van der Waals surface area contributed by atoms with E-state index in [0.29, 0.717) is 17.1 Å². The van der Waals surface area contributed by atoms with Crippen molar-refractivity contribution >= 4 is 17.4 Å². The number of aliphatic hydroxyl groups excluding tert-OH is 1. The van der Waals surface area contributed by atoms with Gasteiger partial charge in [0, 0.05) is 37.5 Å². The first kappa shape index (κ1) is 19.7. The molecule has 0 unspecified atom stereocenters. The molecule has 1 aromatic carbocycles. The van der Waals surface area contributed by atoms with Gasteiger partial charge in [-0.2, -0.15) is 5.26 Å². The van der Waals surface area contributed by atoms with Crippen molar-refractivity contribution in [3.8, 4) is 6.07 Å². The molecule has 2 atom stereocenters. The summed E-state index contributed by atoms with van der Waals surface area (Å²) in [4.78, 5) is 20.3. The van der Waals surface area contributed by atoms with Gasteiger partial charge in [-0.05, 0) is 37.6 Å². The van der Waals surface area contributed by atoms with E-state index in [0.717, 1.165) is 17.7 Å². The summed E-state index contributed by atoms with van der Waals surface area (Å²) in [7, 11) is 1.46. The van der Waals surface area contributed by atoms with E-state index in [4.69, 9.17) is 0 Å². The number of β-amino-alcohol motifs (C(OH)–C–C–N with tert-alkyl or cyclic N) is 1. The van der Waals surface area contributed by atoms with E-state index in [1.807, 2.05) is 0 Å². The van der Waals surface area contributed by atoms with Crippen LogP contribution >= 0.6 is 0 Å². The van der Waals surface area contributed by atoms with Crippen LogP contribution in [0.1, 0.15) is 23.2 Å². The number of nitriles is 1. The van der Waals surface area contributed by atoms with E-state index in [1.165, 1.54) is 18.0 Å². The summed E-state index contributed by atoms with van der Waals surface area (Å²) in [6.45, 7) is 3.72. The molecule has 2 aromatic rings. The fourth-order valence-electron chi connectivity index (χ4n) is 3.49. The van der Waals surface area contributed by atoms with Crippen LogP contribution in [0.25, 0.3) is 0 Å². The van der Waals surface area contributed by atoms with Crippen molar-refractivity contribution < 1.29 is 18.7 Å². The zero-order chi connectivity index (χ0) is 20.6. The van der Waals surface area contributed by atoms with Gasteiger partial charge < -0.3 is 14.9 Å². The first-order valence-electron chi connectivity index (χ1n) is 8.78. The molecule has 0 saturated carbocycles. The number of amides is 1. The minimum absolute atomic E-state index is 0.145. The number of rotatable bonds is 3. The molecule has 1 fully saturated rings. The summed E-state index contributed by atoms with van der Waals surface area (Å²) in [6.07, 6.45) is -0.631. The first-order valence-corrected chi connectivity index (χ1v) is 8.78. The summed E-state index contributed by atoms with van der Waals surface area (Å²) in [5.41, 5.74) is 1.95. The van der Waals surface area contributed by atoms with Crippen LogP contribution in [0.2, 0.25) is 0 Å². The number of pyridine rings is 1. The van der Waals surface area contributed by atoms with Crippen molar-refractivity contribution in [2.45, 2.75) is 32.4 Å². The summed E-state index contributed by atoms with van der Waals surface area (Å²) < 4.78 is 26.8. The van der Waals surface area contributed by atoms with E-state index >= 15 is 0 Å². The van der Waals surface area contributed by atoms with Crippen LogP contribution in [0, 0.1) is 36.8 Å². The number of aryl methyl sites for hydroxylation is 2. The van der Waals surface area contributed by atoms with E-state index in [9.17, 15) is 23.9 Å². The SMILES string of the molecule is Cc1cc(C)c(C#N)c(N2C[C@@H](O)C[C@H]2C(=O)N(C)c2ccc(F)c(F)c2)n1. The molecule has 0 aliphatic carbocycles. The van der Waals surface area contributed by atoms with Gasteiger partial charge >= 0.3 is 0 Å². The number of hydrogen-bond acceptors (Lipinski definition) is 5. The van der Waals surface area contributed by atoms with Crippen molar-refractivity contribution in [2.24, 2.45) is 0 Å². The Balaban J connectivity index is 1.97. The number of nitrogens with zero attached hydrogens (tertiary/aromatic N) is 4. The Labute approximate surface area is 161 Å². The average Bonchev–Trinajstić information content (AvgIpc) is 3.03. The first-order chi connectivity index (χ1) is 13.2. The molecular weight excluding hydrogens is 366 g/mol. The highest BCUT2D eigenvalue weighted by Crippen LogP contribution is 2.31. The van der Waals surface area contributed by atoms with Gasteiger partial charge in [0.05, 0.1) is 11.7 Å². The van der Waals surface area contributed by atoms with Gasteiger partial charge in [-0.1, -0.05) is 0 Å². The smallest absolute Gasteiger partial charge is 0.249 e. The Hall–Kier alpha value is -3.05. The zero-order valence-corrected chi connectivity index (χ0v) is 15.8. The fourth-order valence-corrected chi connectivity index (χ4v) is 3.49. The molecule has 0 bridgehead atoms. The largest absolute Gasteiger partial charge is 0.391 e. The lowest BCUT2D eigenvalue weighted by atomic mass is 10.1. The van der Waals surface area contributed by atoms with E-state index in [-0.39, 0.29) is 18.7 Å². The maximum Gasteiger partial charge on any atom is 0.249 e. The fraction of sp³-hybridized carbons (Fsp3) is 0.350. The Bertz CT molecular complexity index is 973. The number of likely N-dealkylation sites (N-methyl/N-ethyl adjacent to an activating group) is 1. The van der Waals surface area contributed by atoms with Crippen molar-refractivity contribution in [3.05, 3.63) is 52.7 Å². The number of halogens is 2. The maximum atomic E-state index is 13.6. The monoisotopic (exact) mass is 386 g/mol. The standard InChI is InChI=1S/C20H20F2N4O2/c1-11-6-12(2)24-19(15(11)9-23)26-10-14(27)8-18(26)20(28)25(3)13-4-5-16(21)17(22)7-13/h4-7,14,18,27H,8,10H2,1-3H3/t14-,18-/m0/s1. The highest BCUT2D eigenvalue weighted by molar-refractivity contribution is 5.99. The lowest BCUT2D eigenvalue weighted by molar-refractivity contribution is -0.119. The van der Waals surface area contributed by atoms with Crippen LogP contribution in [-0.4, -0.2) is 41.7 Å². The van der Waals surface area contributed by atoms with Gasteiger partial charge in [0.1, 0.15) is 17.9 Å². The molecule has 6 nitrogen and oxygen atoms in total. The molecule has 8 heteroatoms. The minimum Gasteiger partial charge on any atom is -0.391 e. The van der Waals surface area contributed by atoms with Crippen molar-refractivity contribution in [1.82, 2.24) is 4.98 Å². The number of benzene rings is 1. The molecule has 2 heterocycles. The zero-order valence-electron chi connectivity index (χ0n) is 15.8. The third-order valence-corrected chi connectivity index (χ3v) is 4.89. The van der Waals surface area contributed by atoms with Crippen LogP contribution < -0.4 is 9.80 Å². The summed E-state index contributed by atoms with van der Waals surface area (Å²) >= 11 is 0. The normalized spacial score (nSPS) is 18.8. The van der Waals surface area contributed by atoms with Gasteiger partial charge in [0.2, 0.25) is 5.91 Å². The van der Waals surface area contributed by atoms with Crippen LogP contribution in [0.4, 0.5) is 20.3 Å². The van der Waals surface area contributed by atoms with Crippen LogP contribution in [0.3, 0.4) is 0 Å².